The van der Waals surface area contributed by atoms with Gasteiger partial charge >= 0.3 is 0 Å². The van der Waals surface area contributed by atoms with E-state index in [9.17, 15) is 4.79 Å². The van der Waals surface area contributed by atoms with Crippen molar-refractivity contribution in [1.82, 2.24) is 4.98 Å². The first kappa shape index (κ1) is 13.4. The summed E-state index contributed by atoms with van der Waals surface area (Å²) >= 11 is 5.82. The van der Waals surface area contributed by atoms with Crippen molar-refractivity contribution in [2.24, 2.45) is 0 Å². The molecule has 1 aromatic heterocycles. The fourth-order valence-corrected chi connectivity index (χ4v) is 1.84. The Labute approximate surface area is 116 Å². The van der Waals surface area contributed by atoms with Crippen LogP contribution in [0.1, 0.15) is 12.5 Å². The molecule has 0 spiro atoms. The number of benzene rings is 1. The number of nitrogens with zero attached hydrogens (tertiary/aromatic N) is 1. The molecule has 0 bridgehead atoms. The minimum absolute atomic E-state index is 0.0895. The van der Waals surface area contributed by atoms with E-state index in [2.05, 4.69) is 15.6 Å². The third kappa shape index (κ3) is 3.96. The van der Waals surface area contributed by atoms with Gasteiger partial charge in [0.05, 0.1) is 0 Å². The lowest BCUT2D eigenvalue weighted by Gasteiger charge is -2.11. The minimum atomic E-state index is -0.0895. The highest BCUT2D eigenvalue weighted by atomic mass is 35.5. The summed E-state index contributed by atoms with van der Waals surface area (Å²) in [5, 5.41) is 6.41. The predicted molar refractivity (Wildman–Crippen MR) is 77.3 cm³/mol. The number of aromatic nitrogens is 1. The highest BCUT2D eigenvalue weighted by Crippen LogP contribution is 2.17. The fraction of sp³-hybridized carbons (Fsp3) is 0.143. The van der Waals surface area contributed by atoms with Crippen LogP contribution in [0.15, 0.2) is 42.5 Å². The summed E-state index contributed by atoms with van der Waals surface area (Å²) in [5.41, 5.74) is 1.78. The van der Waals surface area contributed by atoms with Gasteiger partial charge in [-0.1, -0.05) is 35.9 Å². The van der Waals surface area contributed by atoms with Crippen molar-refractivity contribution in [2.75, 3.05) is 10.6 Å². The lowest BCUT2D eigenvalue weighted by Crippen LogP contribution is -2.10. The Kier molecular flexibility index (Phi) is 4.36. The van der Waals surface area contributed by atoms with Crippen LogP contribution >= 0.6 is 11.6 Å². The van der Waals surface area contributed by atoms with Crippen molar-refractivity contribution in [2.45, 2.75) is 13.5 Å². The van der Waals surface area contributed by atoms with E-state index >= 15 is 0 Å². The second kappa shape index (κ2) is 6.20. The lowest BCUT2D eigenvalue weighted by molar-refractivity contribution is -0.114. The zero-order valence-corrected chi connectivity index (χ0v) is 11.2. The molecule has 2 N–H and O–H groups in total. The molecule has 1 heterocycles. The molecule has 0 fully saturated rings. The SMILES string of the molecule is CC(=O)Nc1ccccc1CNc1cccc(Cl)n1. The van der Waals surface area contributed by atoms with E-state index in [-0.39, 0.29) is 5.91 Å². The Morgan fingerprint density at radius 1 is 1.21 bits per heavy atom. The normalized spacial score (nSPS) is 10.0. The van der Waals surface area contributed by atoms with Crippen LogP contribution < -0.4 is 10.6 Å². The number of anilines is 2. The van der Waals surface area contributed by atoms with E-state index in [1.807, 2.05) is 36.4 Å². The number of rotatable bonds is 4. The number of carbonyl (C=O) groups excluding carboxylic acids is 1. The molecular formula is C14H14ClN3O. The zero-order valence-electron chi connectivity index (χ0n) is 10.5. The Morgan fingerprint density at radius 3 is 2.74 bits per heavy atom. The fourth-order valence-electron chi connectivity index (χ4n) is 1.68. The standard InChI is InChI=1S/C14H14ClN3O/c1-10(19)17-12-6-3-2-5-11(12)9-16-14-8-4-7-13(15)18-14/h2-8H,9H2,1H3,(H,16,18)(H,17,19). The van der Waals surface area contributed by atoms with Gasteiger partial charge in [0.15, 0.2) is 0 Å². The Hall–Kier alpha value is -2.07. The predicted octanol–water partition coefficient (Wildman–Crippen LogP) is 3.31. The second-order valence-electron chi connectivity index (χ2n) is 4.04. The molecule has 4 nitrogen and oxygen atoms in total. The van der Waals surface area contributed by atoms with Crippen LogP contribution in [-0.2, 0) is 11.3 Å². The molecule has 0 atom stereocenters. The molecule has 2 rings (SSSR count). The van der Waals surface area contributed by atoms with Crippen molar-refractivity contribution in [1.29, 1.82) is 0 Å². The first-order chi connectivity index (χ1) is 9.15. The average Bonchev–Trinajstić information content (AvgIpc) is 2.37. The van der Waals surface area contributed by atoms with Crippen LogP contribution in [0, 0.1) is 0 Å². The first-order valence-electron chi connectivity index (χ1n) is 5.87. The molecule has 19 heavy (non-hydrogen) atoms. The summed E-state index contributed by atoms with van der Waals surface area (Å²) in [6.45, 7) is 2.05. The molecule has 0 saturated heterocycles. The maximum Gasteiger partial charge on any atom is 0.221 e. The van der Waals surface area contributed by atoms with Crippen LogP contribution in [0.25, 0.3) is 0 Å². The van der Waals surface area contributed by atoms with Crippen LogP contribution in [0.3, 0.4) is 0 Å². The van der Waals surface area contributed by atoms with Gasteiger partial charge in [-0.3, -0.25) is 4.79 Å². The number of carbonyl (C=O) groups is 1. The van der Waals surface area contributed by atoms with Gasteiger partial charge in [-0.15, -0.1) is 0 Å². The van der Waals surface area contributed by atoms with Gasteiger partial charge in [0, 0.05) is 19.2 Å². The number of hydrogen-bond donors (Lipinski definition) is 2. The van der Waals surface area contributed by atoms with E-state index in [1.165, 1.54) is 6.92 Å². The summed E-state index contributed by atoms with van der Waals surface area (Å²) in [7, 11) is 0. The van der Waals surface area contributed by atoms with Gasteiger partial charge in [-0.25, -0.2) is 4.98 Å². The third-order valence-corrected chi connectivity index (χ3v) is 2.71. The topological polar surface area (TPSA) is 54.0 Å². The molecule has 0 aliphatic carbocycles. The molecule has 1 aromatic carbocycles. The van der Waals surface area contributed by atoms with Crippen molar-refractivity contribution in [3.63, 3.8) is 0 Å². The number of nitrogens with one attached hydrogen (secondary N) is 2. The Balaban J connectivity index is 2.09. The van der Waals surface area contributed by atoms with E-state index in [0.29, 0.717) is 17.5 Å². The molecular weight excluding hydrogens is 262 g/mol. The third-order valence-electron chi connectivity index (χ3n) is 2.50. The van der Waals surface area contributed by atoms with Gasteiger partial charge in [-0.05, 0) is 23.8 Å². The first-order valence-corrected chi connectivity index (χ1v) is 6.25. The minimum Gasteiger partial charge on any atom is -0.366 e. The molecule has 98 valence electrons. The number of amides is 1. The molecule has 2 aromatic rings. The molecule has 5 heteroatoms. The highest BCUT2D eigenvalue weighted by Gasteiger charge is 2.03. The molecule has 0 aliphatic rings. The van der Waals surface area contributed by atoms with Crippen LogP contribution in [0.4, 0.5) is 11.5 Å². The highest BCUT2D eigenvalue weighted by molar-refractivity contribution is 6.29. The van der Waals surface area contributed by atoms with Crippen molar-refractivity contribution < 1.29 is 4.79 Å². The van der Waals surface area contributed by atoms with Crippen LogP contribution in [0.2, 0.25) is 5.15 Å². The van der Waals surface area contributed by atoms with Crippen molar-refractivity contribution >= 4 is 29.0 Å². The summed E-state index contributed by atoms with van der Waals surface area (Å²) in [5.74, 6) is 0.610. The quantitative estimate of drug-likeness (QED) is 0.842. The molecule has 0 unspecified atom stereocenters. The summed E-state index contributed by atoms with van der Waals surface area (Å²) < 4.78 is 0. The van der Waals surface area contributed by atoms with Crippen molar-refractivity contribution in [3.8, 4) is 0 Å². The molecule has 0 aliphatic heterocycles. The maximum atomic E-state index is 11.1. The monoisotopic (exact) mass is 275 g/mol. The largest absolute Gasteiger partial charge is 0.366 e. The van der Waals surface area contributed by atoms with Gasteiger partial charge < -0.3 is 10.6 Å². The number of hydrogen-bond acceptors (Lipinski definition) is 3. The number of para-hydroxylation sites is 1. The van der Waals surface area contributed by atoms with Crippen LogP contribution in [0.5, 0.6) is 0 Å². The van der Waals surface area contributed by atoms with Crippen molar-refractivity contribution in [3.05, 3.63) is 53.2 Å². The zero-order chi connectivity index (χ0) is 13.7. The molecule has 1 amide bonds. The summed E-state index contributed by atoms with van der Waals surface area (Å²) in [6, 6.07) is 13.0. The van der Waals surface area contributed by atoms with Crippen LogP contribution in [-0.4, -0.2) is 10.9 Å². The van der Waals surface area contributed by atoms with Gasteiger partial charge in [-0.2, -0.15) is 0 Å². The molecule has 0 radical (unpaired) electrons. The number of pyridine rings is 1. The summed E-state index contributed by atoms with van der Waals surface area (Å²) in [4.78, 5) is 15.3. The molecule has 0 saturated carbocycles. The van der Waals surface area contributed by atoms with Gasteiger partial charge in [0.1, 0.15) is 11.0 Å². The second-order valence-corrected chi connectivity index (χ2v) is 4.42. The van der Waals surface area contributed by atoms with Gasteiger partial charge in [0.2, 0.25) is 5.91 Å². The Morgan fingerprint density at radius 2 is 2.00 bits per heavy atom. The average molecular weight is 276 g/mol. The van der Waals surface area contributed by atoms with E-state index in [0.717, 1.165) is 11.3 Å². The maximum absolute atomic E-state index is 11.1. The van der Waals surface area contributed by atoms with E-state index in [4.69, 9.17) is 11.6 Å². The smallest absolute Gasteiger partial charge is 0.221 e. The lowest BCUT2D eigenvalue weighted by atomic mass is 10.1. The van der Waals surface area contributed by atoms with E-state index in [1.54, 1.807) is 6.07 Å². The summed E-state index contributed by atoms with van der Waals surface area (Å²) in [6.07, 6.45) is 0. The Bertz CT molecular complexity index is 586. The van der Waals surface area contributed by atoms with Gasteiger partial charge in [0.25, 0.3) is 0 Å². The van der Waals surface area contributed by atoms with E-state index < -0.39 is 0 Å². The number of halogens is 1.